The molecule has 0 heterocycles. The SMILES string of the molecule is CC.CC.CC(=O)c1ccccc1.COC.Cc1ccccc1.c1ccc2ccccc2c1. The van der Waals surface area contributed by atoms with Gasteiger partial charge in [0.15, 0.2) is 5.78 Å². The molecule has 0 aliphatic heterocycles. The van der Waals surface area contributed by atoms with Crippen molar-refractivity contribution in [3.63, 3.8) is 0 Å². The van der Waals surface area contributed by atoms with Crippen LogP contribution in [0.2, 0.25) is 0 Å². The molecule has 0 saturated carbocycles. The Labute approximate surface area is 202 Å². The van der Waals surface area contributed by atoms with Crippen LogP contribution in [-0.4, -0.2) is 20.0 Å². The molecule has 0 bridgehead atoms. The number of benzene rings is 4. The molecule has 2 nitrogen and oxygen atoms in total. The smallest absolute Gasteiger partial charge is 0.159 e. The van der Waals surface area contributed by atoms with Gasteiger partial charge in [0, 0.05) is 19.8 Å². The summed E-state index contributed by atoms with van der Waals surface area (Å²) in [6, 6.07) is 36.2. The zero-order chi connectivity index (χ0) is 25.3. The fourth-order valence-electron chi connectivity index (χ4n) is 2.34. The van der Waals surface area contributed by atoms with Crippen LogP contribution in [0.25, 0.3) is 10.8 Å². The largest absolute Gasteiger partial charge is 0.388 e. The van der Waals surface area contributed by atoms with Crippen LogP contribution in [0.5, 0.6) is 0 Å². The van der Waals surface area contributed by atoms with E-state index in [-0.39, 0.29) is 5.78 Å². The second-order valence-electron chi connectivity index (χ2n) is 6.33. The summed E-state index contributed by atoms with van der Waals surface area (Å²) in [6.07, 6.45) is 0. The van der Waals surface area contributed by atoms with Crippen LogP contribution in [0, 0.1) is 6.92 Å². The third-order valence-electron chi connectivity index (χ3n) is 3.78. The number of ketones is 1. The lowest BCUT2D eigenvalue weighted by atomic mass is 10.1. The van der Waals surface area contributed by atoms with Crippen LogP contribution in [0.4, 0.5) is 0 Å². The van der Waals surface area contributed by atoms with E-state index >= 15 is 0 Å². The molecule has 0 spiro atoms. The van der Waals surface area contributed by atoms with Gasteiger partial charge in [-0.1, -0.05) is 142 Å². The molecule has 178 valence electrons. The fourth-order valence-corrected chi connectivity index (χ4v) is 2.34. The summed E-state index contributed by atoms with van der Waals surface area (Å²) < 4.78 is 4.25. The molecule has 0 radical (unpaired) electrons. The first-order valence-corrected chi connectivity index (χ1v) is 11.5. The predicted octanol–water partition coefficient (Wildman–Crippen LogP) is 9.04. The van der Waals surface area contributed by atoms with E-state index in [1.165, 1.54) is 16.3 Å². The van der Waals surface area contributed by atoms with Gasteiger partial charge in [0.1, 0.15) is 0 Å². The van der Waals surface area contributed by atoms with Gasteiger partial charge in [-0.05, 0) is 24.6 Å². The number of rotatable bonds is 1. The van der Waals surface area contributed by atoms with Crippen molar-refractivity contribution in [2.75, 3.05) is 14.2 Å². The minimum absolute atomic E-state index is 0.121. The molecule has 0 saturated heterocycles. The summed E-state index contributed by atoms with van der Waals surface area (Å²) in [5.41, 5.74) is 2.10. The molecule has 4 aromatic rings. The average Bonchev–Trinajstić information content (AvgIpc) is 2.89. The Kier molecular flexibility index (Phi) is 22.7. The molecular formula is C31H42O2. The quantitative estimate of drug-likeness (QED) is 0.273. The number of hydrogen-bond donors (Lipinski definition) is 0. The molecule has 4 aromatic carbocycles. The highest BCUT2D eigenvalue weighted by Gasteiger charge is 1.92. The number of Topliss-reactive ketones (excluding diaryl/α,β-unsaturated/α-hetero) is 1. The Hall–Kier alpha value is -3.23. The molecule has 0 aromatic heterocycles. The zero-order valence-electron chi connectivity index (χ0n) is 21.7. The van der Waals surface area contributed by atoms with Crippen LogP contribution >= 0.6 is 0 Å². The van der Waals surface area contributed by atoms with Crippen molar-refractivity contribution in [3.8, 4) is 0 Å². The van der Waals surface area contributed by atoms with E-state index in [0.29, 0.717) is 0 Å². The Morgan fingerprint density at radius 2 is 0.818 bits per heavy atom. The van der Waals surface area contributed by atoms with Gasteiger partial charge in [-0.15, -0.1) is 0 Å². The Balaban J connectivity index is 0. The van der Waals surface area contributed by atoms with Crippen molar-refractivity contribution in [1.29, 1.82) is 0 Å². The normalized spacial score (nSPS) is 8.24. The highest BCUT2D eigenvalue weighted by Crippen LogP contribution is 2.11. The summed E-state index contributed by atoms with van der Waals surface area (Å²) in [6.45, 7) is 11.6. The molecule has 0 atom stereocenters. The van der Waals surface area contributed by atoms with E-state index < -0.39 is 0 Å². The number of fused-ring (bicyclic) bond motifs is 1. The molecule has 2 heteroatoms. The standard InChI is InChI=1S/C10H8.C8H8O.C7H8.C2H6O.2C2H6/c1-2-6-10-8-4-3-7-9(10)5-1;1-7(9)8-5-3-2-4-6-8;1-7-5-3-2-4-6-7;1-3-2;2*1-2/h1-8H;2-6H,1H3;2-6H,1H3;1-2H3;2*1-2H3. The first-order chi connectivity index (χ1) is 16.1. The first-order valence-electron chi connectivity index (χ1n) is 11.5. The van der Waals surface area contributed by atoms with Gasteiger partial charge in [-0.2, -0.15) is 0 Å². The van der Waals surface area contributed by atoms with Crippen molar-refractivity contribution in [1.82, 2.24) is 0 Å². The van der Waals surface area contributed by atoms with Crippen molar-refractivity contribution in [3.05, 3.63) is 120 Å². The van der Waals surface area contributed by atoms with Gasteiger partial charge in [0.2, 0.25) is 0 Å². The fraction of sp³-hybridized carbons (Fsp3) is 0.258. The highest BCUT2D eigenvalue weighted by atomic mass is 16.4. The summed E-state index contributed by atoms with van der Waals surface area (Å²) in [5, 5.41) is 2.62. The molecule has 0 aliphatic carbocycles. The van der Waals surface area contributed by atoms with Gasteiger partial charge in [-0.25, -0.2) is 0 Å². The first kappa shape index (κ1) is 32.0. The van der Waals surface area contributed by atoms with Crippen LogP contribution < -0.4 is 0 Å². The molecule has 0 N–H and O–H groups in total. The van der Waals surface area contributed by atoms with Gasteiger partial charge in [0.25, 0.3) is 0 Å². The minimum Gasteiger partial charge on any atom is -0.388 e. The monoisotopic (exact) mass is 446 g/mol. The van der Waals surface area contributed by atoms with E-state index in [1.54, 1.807) is 21.1 Å². The molecule has 0 aliphatic rings. The number of ether oxygens (including phenoxy) is 1. The van der Waals surface area contributed by atoms with Crippen LogP contribution in [0.1, 0.15) is 50.5 Å². The van der Waals surface area contributed by atoms with E-state index in [4.69, 9.17) is 0 Å². The maximum absolute atomic E-state index is 10.6. The van der Waals surface area contributed by atoms with Crippen molar-refractivity contribution >= 4 is 16.6 Å². The van der Waals surface area contributed by atoms with Gasteiger partial charge < -0.3 is 4.74 Å². The molecule has 4 rings (SSSR count). The maximum atomic E-state index is 10.6. The molecular weight excluding hydrogens is 404 g/mol. The summed E-state index contributed by atoms with van der Waals surface area (Å²) in [4.78, 5) is 10.6. The lowest BCUT2D eigenvalue weighted by Crippen LogP contribution is -1.88. The molecule has 33 heavy (non-hydrogen) atoms. The second kappa shape index (κ2) is 23.4. The van der Waals surface area contributed by atoms with Crippen molar-refractivity contribution in [2.24, 2.45) is 0 Å². The molecule has 0 fully saturated rings. The number of aryl methyl sites for hydroxylation is 1. The van der Waals surface area contributed by atoms with E-state index in [0.717, 1.165) is 5.56 Å². The van der Waals surface area contributed by atoms with Crippen LogP contribution in [-0.2, 0) is 4.74 Å². The third-order valence-corrected chi connectivity index (χ3v) is 3.78. The van der Waals surface area contributed by atoms with Crippen LogP contribution in [0.15, 0.2) is 109 Å². The molecule has 0 unspecified atom stereocenters. The van der Waals surface area contributed by atoms with Crippen LogP contribution in [0.3, 0.4) is 0 Å². The Morgan fingerprint density at radius 1 is 0.545 bits per heavy atom. The summed E-state index contributed by atoms with van der Waals surface area (Å²) >= 11 is 0. The van der Waals surface area contributed by atoms with E-state index in [1.807, 2.05) is 76.2 Å². The summed E-state index contributed by atoms with van der Waals surface area (Å²) in [7, 11) is 3.25. The van der Waals surface area contributed by atoms with Gasteiger partial charge >= 0.3 is 0 Å². The number of carbonyl (C=O) groups excluding carboxylic acids is 1. The third kappa shape index (κ3) is 17.1. The lowest BCUT2D eigenvalue weighted by molar-refractivity contribution is 0.101. The van der Waals surface area contributed by atoms with Crippen molar-refractivity contribution < 1.29 is 9.53 Å². The number of methoxy groups -OCH3 is 1. The minimum atomic E-state index is 0.121. The predicted molar refractivity (Wildman–Crippen MR) is 147 cm³/mol. The highest BCUT2D eigenvalue weighted by molar-refractivity contribution is 5.93. The molecule has 0 amide bonds. The maximum Gasteiger partial charge on any atom is 0.159 e. The average molecular weight is 447 g/mol. The van der Waals surface area contributed by atoms with Crippen molar-refractivity contribution in [2.45, 2.75) is 41.5 Å². The lowest BCUT2D eigenvalue weighted by Gasteiger charge is -1.92. The number of hydrogen-bond acceptors (Lipinski definition) is 2. The number of carbonyl (C=O) groups is 1. The summed E-state index contributed by atoms with van der Waals surface area (Å²) in [5.74, 6) is 0.121. The Bertz CT molecular complexity index is 867. The zero-order valence-corrected chi connectivity index (χ0v) is 21.7. The van der Waals surface area contributed by atoms with E-state index in [9.17, 15) is 4.79 Å². The van der Waals surface area contributed by atoms with E-state index in [2.05, 4.69) is 72.3 Å². The second-order valence-corrected chi connectivity index (χ2v) is 6.33. The van der Waals surface area contributed by atoms with Gasteiger partial charge in [-0.3, -0.25) is 4.79 Å². The Morgan fingerprint density at radius 3 is 1.03 bits per heavy atom. The van der Waals surface area contributed by atoms with Gasteiger partial charge in [0.05, 0.1) is 0 Å². The topological polar surface area (TPSA) is 26.3 Å².